The minimum absolute atomic E-state index is 0.0343. The van der Waals surface area contributed by atoms with Crippen molar-refractivity contribution in [3.63, 3.8) is 0 Å². The Balaban J connectivity index is 1.67. The Labute approximate surface area is 224 Å². The van der Waals surface area contributed by atoms with E-state index in [4.69, 9.17) is 9.47 Å². The van der Waals surface area contributed by atoms with E-state index in [0.29, 0.717) is 12.8 Å². The molecule has 8 nitrogen and oxygen atoms in total. The fraction of sp³-hybridized carbons (Fsp3) is 0.310. The summed E-state index contributed by atoms with van der Waals surface area (Å²) in [6.45, 7) is 1.94. The zero-order chi connectivity index (χ0) is 27.4. The first-order valence-corrected chi connectivity index (χ1v) is 13.9. The van der Waals surface area contributed by atoms with Crippen LogP contribution in [0.3, 0.4) is 0 Å². The van der Waals surface area contributed by atoms with Crippen LogP contribution in [0.5, 0.6) is 0 Å². The molecule has 202 valence electrons. The third-order valence-electron chi connectivity index (χ3n) is 6.02. The fourth-order valence-corrected chi connectivity index (χ4v) is 4.89. The smallest absolute Gasteiger partial charge is 0.323 e. The maximum Gasteiger partial charge on any atom is 0.323 e. The number of carbonyl (C=O) groups is 2. The second-order valence-electron chi connectivity index (χ2n) is 8.91. The van der Waals surface area contributed by atoms with Crippen molar-refractivity contribution in [1.82, 2.24) is 10.0 Å². The standard InChI is InChI=1S/C29H34N2O6S/c1-22-13-16-25(17-14-22)38(34,35)30-20-19-27(28(32)36-2)31-26(18-15-23-9-5-3-6-10-23)29(33)37-21-24-11-7-4-8-12-24/h3-14,16-17,26-27,30-31H,15,18-21H2,1-2H3/t26-,27?/m0/s1. The van der Waals surface area contributed by atoms with Crippen LogP contribution in [0.25, 0.3) is 0 Å². The van der Waals surface area contributed by atoms with Crippen LogP contribution in [-0.2, 0) is 42.1 Å². The Bertz CT molecular complexity index is 1270. The van der Waals surface area contributed by atoms with Crippen molar-refractivity contribution in [2.24, 2.45) is 0 Å². The highest BCUT2D eigenvalue weighted by molar-refractivity contribution is 7.89. The van der Waals surface area contributed by atoms with E-state index < -0.39 is 34.0 Å². The van der Waals surface area contributed by atoms with Gasteiger partial charge in [0.1, 0.15) is 18.7 Å². The van der Waals surface area contributed by atoms with Gasteiger partial charge in [0, 0.05) is 6.54 Å². The van der Waals surface area contributed by atoms with Crippen molar-refractivity contribution in [2.75, 3.05) is 13.7 Å². The van der Waals surface area contributed by atoms with Crippen LogP contribution in [0.15, 0.2) is 89.8 Å². The van der Waals surface area contributed by atoms with Gasteiger partial charge in [0.25, 0.3) is 0 Å². The number of methoxy groups -OCH3 is 1. The average Bonchev–Trinajstić information content (AvgIpc) is 2.94. The third kappa shape index (κ3) is 9.09. The largest absolute Gasteiger partial charge is 0.468 e. The van der Waals surface area contributed by atoms with Crippen LogP contribution in [0.2, 0.25) is 0 Å². The molecule has 3 aromatic carbocycles. The molecule has 9 heteroatoms. The highest BCUT2D eigenvalue weighted by Crippen LogP contribution is 2.12. The number of nitrogens with one attached hydrogen (secondary N) is 2. The lowest BCUT2D eigenvalue weighted by molar-refractivity contribution is -0.149. The summed E-state index contributed by atoms with van der Waals surface area (Å²) in [5.74, 6) is -1.10. The van der Waals surface area contributed by atoms with E-state index in [9.17, 15) is 18.0 Å². The fourth-order valence-electron chi connectivity index (χ4n) is 3.85. The van der Waals surface area contributed by atoms with Gasteiger partial charge in [-0.2, -0.15) is 0 Å². The molecule has 0 aromatic heterocycles. The van der Waals surface area contributed by atoms with E-state index in [1.54, 1.807) is 12.1 Å². The number of hydrogen-bond acceptors (Lipinski definition) is 7. The molecular formula is C29H34N2O6S. The maximum atomic E-state index is 13.1. The predicted octanol–water partition coefficient (Wildman–Crippen LogP) is 3.54. The molecule has 0 aliphatic rings. The van der Waals surface area contributed by atoms with Crippen LogP contribution in [-0.4, -0.2) is 46.1 Å². The normalized spacial score (nSPS) is 12.9. The second kappa shape index (κ2) is 14.4. The molecule has 0 aliphatic carbocycles. The van der Waals surface area contributed by atoms with Gasteiger partial charge in [0.2, 0.25) is 10.0 Å². The molecule has 0 amide bonds. The Morgan fingerprint density at radius 1 is 0.789 bits per heavy atom. The van der Waals surface area contributed by atoms with Crippen LogP contribution in [0.1, 0.15) is 29.5 Å². The van der Waals surface area contributed by atoms with Crippen LogP contribution >= 0.6 is 0 Å². The van der Waals surface area contributed by atoms with Gasteiger partial charge in [-0.25, -0.2) is 13.1 Å². The first-order chi connectivity index (χ1) is 18.3. The lowest BCUT2D eigenvalue weighted by Gasteiger charge is -2.23. The van der Waals surface area contributed by atoms with E-state index in [2.05, 4.69) is 10.0 Å². The second-order valence-corrected chi connectivity index (χ2v) is 10.7. The Morgan fingerprint density at radius 2 is 1.37 bits per heavy atom. The molecule has 38 heavy (non-hydrogen) atoms. The SMILES string of the molecule is COC(=O)C(CCNS(=O)(=O)c1ccc(C)cc1)N[C@@H](CCc1ccccc1)C(=O)OCc1ccccc1. The summed E-state index contributed by atoms with van der Waals surface area (Å²) in [4.78, 5) is 25.8. The number of hydrogen-bond donors (Lipinski definition) is 2. The molecule has 0 radical (unpaired) electrons. The van der Waals surface area contributed by atoms with Crippen molar-refractivity contribution in [3.05, 3.63) is 102 Å². The van der Waals surface area contributed by atoms with Crippen LogP contribution in [0.4, 0.5) is 0 Å². The van der Waals surface area contributed by atoms with E-state index >= 15 is 0 Å². The number of aryl methyl sites for hydroxylation is 2. The number of esters is 2. The van der Waals surface area contributed by atoms with E-state index in [0.717, 1.165) is 16.7 Å². The number of rotatable bonds is 14. The molecule has 2 atom stereocenters. The van der Waals surface area contributed by atoms with Gasteiger partial charge in [-0.3, -0.25) is 14.9 Å². The molecule has 0 bridgehead atoms. The molecule has 0 saturated carbocycles. The van der Waals surface area contributed by atoms with Crippen molar-refractivity contribution in [2.45, 2.75) is 49.8 Å². The van der Waals surface area contributed by atoms with E-state index in [1.165, 1.54) is 19.2 Å². The van der Waals surface area contributed by atoms with Crippen LogP contribution < -0.4 is 10.0 Å². The minimum Gasteiger partial charge on any atom is -0.468 e. The lowest BCUT2D eigenvalue weighted by Crippen LogP contribution is -2.49. The van der Waals surface area contributed by atoms with Gasteiger partial charge < -0.3 is 9.47 Å². The topological polar surface area (TPSA) is 111 Å². The maximum absolute atomic E-state index is 13.1. The predicted molar refractivity (Wildman–Crippen MR) is 145 cm³/mol. The minimum atomic E-state index is -3.76. The van der Waals surface area contributed by atoms with Crippen molar-refractivity contribution in [3.8, 4) is 0 Å². The van der Waals surface area contributed by atoms with Gasteiger partial charge in [-0.1, -0.05) is 78.4 Å². The van der Waals surface area contributed by atoms with Gasteiger partial charge >= 0.3 is 11.9 Å². The first-order valence-electron chi connectivity index (χ1n) is 12.4. The van der Waals surface area contributed by atoms with Crippen molar-refractivity contribution < 1.29 is 27.5 Å². The lowest BCUT2D eigenvalue weighted by atomic mass is 10.0. The Hall–Kier alpha value is -3.53. The summed E-state index contributed by atoms with van der Waals surface area (Å²) in [5.41, 5.74) is 2.83. The molecule has 0 fully saturated rings. The van der Waals surface area contributed by atoms with E-state index in [-0.39, 0.29) is 24.5 Å². The summed E-state index contributed by atoms with van der Waals surface area (Å²) in [6, 6.07) is 23.7. The molecule has 3 aromatic rings. The summed E-state index contributed by atoms with van der Waals surface area (Å²) < 4.78 is 38.3. The number of carbonyl (C=O) groups excluding carboxylic acids is 2. The zero-order valence-electron chi connectivity index (χ0n) is 21.6. The molecule has 0 spiro atoms. The Morgan fingerprint density at radius 3 is 1.97 bits per heavy atom. The summed E-state index contributed by atoms with van der Waals surface area (Å²) in [6.07, 6.45) is 1.03. The highest BCUT2D eigenvalue weighted by Gasteiger charge is 2.28. The number of benzene rings is 3. The summed E-state index contributed by atoms with van der Waals surface area (Å²) in [7, 11) is -2.51. The monoisotopic (exact) mass is 538 g/mol. The van der Waals surface area contributed by atoms with Gasteiger partial charge in [-0.05, 0) is 49.4 Å². The Kier molecular flexibility index (Phi) is 11.0. The highest BCUT2D eigenvalue weighted by atomic mass is 32.2. The first kappa shape index (κ1) is 29.0. The third-order valence-corrected chi connectivity index (χ3v) is 7.49. The van der Waals surface area contributed by atoms with Gasteiger partial charge in [0.05, 0.1) is 12.0 Å². The molecule has 1 unspecified atom stereocenters. The molecule has 3 rings (SSSR count). The molecule has 0 aliphatic heterocycles. The van der Waals surface area contributed by atoms with Gasteiger partial charge in [0.15, 0.2) is 0 Å². The number of ether oxygens (including phenoxy) is 2. The average molecular weight is 539 g/mol. The van der Waals surface area contributed by atoms with Crippen molar-refractivity contribution in [1.29, 1.82) is 0 Å². The summed E-state index contributed by atoms with van der Waals surface area (Å²) >= 11 is 0. The van der Waals surface area contributed by atoms with Crippen LogP contribution in [0, 0.1) is 6.92 Å². The quantitative estimate of drug-likeness (QED) is 0.302. The molecule has 2 N–H and O–H groups in total. The molecular weight excluding hydrogens is 504 g/mol. The number of sulfonamides is 1. The van der Waals surface area contributed by atoms with E-state index in [1.807, 2.05) is 67.6 Å². The molecule has 0 saturated heterocycles. The van der Waals surface area contributed by atoms with Crippen molar-refractivity contribution >= 4 is 22.0 Å². The molecule has 0 heterocycles. The zero-order valence-corrected chi connectivity index (χ0v) is 22.4. The van der Waals surface area contributed by atoms with Gasteiger partial charge in [-0.15, -0.1) is 0 Å². The summed E-state index contributed by atoms with van der Waals surface area (Å²) in [5, 5.41) is 3.06.